The molecule has 4 aromatic rings. The molecule has 0 saturated carbocycles. The van der Waals surface area contributed by atoms with E-state index in [0.717, 1.165) is 32.6 Å². The minimum absolute atomic E-state index is 0. The van der Waals surface area contributed by atoms with Crippen LogP contribution < -0.4 is 0 Å². The Morgan fingerprint density at radius 2 is 1.78 bits per heavy atom. The number of carbonyl (C=O) groups excluding carboxylic acids is 1. The number of rotatable bonds is 3. The number of pyridine rings is 1. The number of hydrogen-bond acceptors (Lipinski definition) is 4. The normalized spacial score (nSPS) is 10.8. The molecule has 0 bridgehead atoms. The number of thiophene rings is 1. The Balaban J connectivity index is 0.000000398. The van der Waals surface area contributed by atoms with Gasteiger partial charge in [0, 0.05) is 47.3 Å². The first-order chi connectivity index (χ1) is 14.7. The molecule has 1 N–H and O–H groups in total. The molecule has 0 aliphatic heterocycles. The molecule has 0 unspecified atom stereocenters. The van der Waals surface area contributed by atoms with E-state index in [0.29, 0.717) is 0 Å². The van der Waals surface area contributed by atoms with E-state index in [1.807, 2.05) is 25.3 Å². The van der Waals surface area contributed by atoms with Crippen LogP contribution in [0.3, 0.4) is 0 Å². The Morgan fingerprint density at radius 1 is 1.09 bits per heavy atom. The average molecular weight is 625 g/mol. The van der Waals surface area contributed by atoms with Crippen LogP contribution >= 0.6 is 11.3 Å². The Morgan fingerprint density at radius 3 is 2.34 bits per heavy atom. The first kappa shape index (κ1) is 25.6. The predicted octanol–water partition coefficient (Wildman–Crippen LogP) is 7.22. The third-order valence-corrected chi connectivity index (χ3v) is 5.51. The van der Waals surface area contributed by atoms with Crippen molar-refractivity contribution in [1.82, 2.24) is 4.98 Å². The number of nitrogens with zero attached hydrogens (tertiary/aromatic N) is 1. The number of hydrogen-bond donors (Lipinski definition) is 1. The zero-order valence-electron chi connectivity index (χ0n) is 18.2. The molecule has 0 saturated heterocycles. The molecule has 32 heavy (non-hydrogen) atoms. The number of aromatic nitrogens is 1. The van der Waals surface area contributed by atoms with Crippen molar-refractivity contribution in [2.24, 2.45) is 0 Å². The van der Waals surface area contributed by atoms with Crippen LogP contribution in [0.2, 0.25) is 0 Å². The first-order valence-corrected chi connectivity index (χ1v) is 10.6. The van der Waals surface area contributed by atoms with E-state index in [-0.39, 0.29) is 37.5 Å². The molecule has 4 rings (SSSR count). The topological polar surface area (TPSA) is 50.2 Å². The number of halogens is 1. The summed E-state index contributed by atoms with van der Waals surface area (Å²) in [6.07, 6.45) is 3.07. The number of aliphatic hydroxyl groups is 1. The molecule has 3 nitrogen and oxygen atoms in total. The molecule has 0 atom stereocenters. The number of aliphatic hydroxyl groups excluding tert-OH is 1. The summed E-state index contributed by atoms with van der Waals surface area (Å²) in [4.78, 5) is 15.7. The van der Waals surface area contributed by atoms with E-state index in [9.17, 15) is 9.18 Å². The van der Waals surface area contributed by atoms with Gasteiger partial charge in [0.2, 0.25) is 0 Å². The van der Waals surface area contributed by atoms with E-state index >= 15 is 0 Å². The van der Waals surface area contributed by atoms with Crippen LogP contribution in [0, 0.1) is 25.7 Å². The third-order valence-electron chi connectivity index (χ3n) is 4.37. The molecule has 1 radical (unpaired) electrons. The average Bonchev–Trinajstić information content (AvgIpc) is 3.10. The van der Waals surface area contributed by atoms with E-state index in [4.69, 9.17) is 5.11 Å². The summed E-state index contributed by atoms with van der Waals surface area (Å²) in [5.41, 5.74) is 5.30. The quantitative estimate of drug-likeness (QED) is 0.149. The maximum Gasteiger partial charge on any atom is 0.155 e. The molecule has 0 aliphatic carbocycles. The minimum Gasteiger partial charge on any atom is -0.512 e. The van der Waals surface area contributed by atoms with Gasteiger partial charge in [0.15, 0.2) is 5.78 Å². The second kappa shape index (κ2) is 11.3. The number of carbonyl (C=O) groups is 1. The van der Waals surface area contributed by atoms with Gasteiger partial charge in [-0.05, 0) is 43.3 Å². The smallest absolute Gasteiger partial charge is 0.155 e. The molecule has 0 fully saturated rings. The Hall–Kier alpha value is -2.66. The van der Waals surface area contributed by atoms with Crippen LogP contribution in [0.15, 0.2) is 66.6 Å². The first-order valence-electron chi connectivity index (χ1n) is 9.75. The molecule has 0 aliphatic rings. The van der Waals surface area contributed by atoms with Crippen LogP contribution in [0.25, 0.3) is 31.8 Å². The van der Waals surface area contributed by atoms with Crippen LogP contribution in [0.1, 0.15) is 25.0 Å². The summed E-state index contributed by atoms with van der Waals surface area (Å²) >= 11 is 1.70. The number of ketones is 1. The van der Waals surface area contributed by atoms with Gasteiger partial charge < -0.3 is 10.1 Å². The third kappa shape index (κ3) is 6.92. The van der Waals surface area contributed by atoms with Gasteiger partial charge in [0.25, 0.3) is 0 Å². The number of fused-ring (bicyclic) bond motifs is 1. The number of allylic oxidation sites excluding steroid dienone is 2. The monoisotopic (exact) mass is 625 g/mol. The SMILES string of the molecule is CC(=O)/C=C(/C)O.Cc1[c-]c(-c2cc3sc(-c4ccc(F)cc4)cc3cn2)cc(C)c1.[Ir]. The molecule has 0 spiro atoms. The second-order valence-corrected chi connectivity index (χ2v) is 8.46. The van der Waals surface area contributed by atoms with Gasteiger partial charge in [-0.3, -0.25) is 4.79 Å². The summed E-state index contributed by atoms with van der Waals surface area (Å²) in [5, 5.41) is 9.47. The van der Waals surface area contributed by atoms with Crippen molar-refractivity contribution in [3.63, 3.8) is 0 Å². The van der Waals surface area contributed by atoms with Crippen molar-refractivity contribution in [1.29, 1.82) is 0 Å². The molecule has 0 amide bonds. The van der Waals surface area contributed by atoms with Gasteiger partial charge in [-0.15, -0.1) is 46.2 Å². The zero-order valence-corrected chi connectivity index (χ0v) is 21.4. The number of benzene rings is 2. The summed E-state index contributed by atoms with van der Waals surface area (Å²) < 4.78 is 14.3. The van der Waals surface area contributed by atoms with Crippen molar-refractivity contribution in [3.8, 4) is 21.7 Å². The van der Waals surface area contributed by atoms with Crippen molar-refractivity contribution in [3.05, 3.63) is 89.6 Å². The van der Waals surface area contributed by atoms with Crippen molar-refractivity contribution in [2.45, 2.75) is 27.7 Å². The van der Waals surface area contributed by atoms with E-state index in [2.05, 4.69) is 42.2 Å². The zero-order chi connectivity index (χ0) is 22.5. The summed E-state index contributed by atoms with van der Waals surface area (Å²) in [5.74, 6) is -0.276. The largest absolute Gasteiger partial charge is 0.512 e. The second-order valence-electron chi connectivity index (χ2n) is 7.38. The van der Waals surface area contributed by atoms with Gasteiger partial charge in [-0.25, -0.2) is 4.39 Å². The maximum absolute atomic E-state index is 13.1. The van der Waals surface area contributed by atoms with Gasteiger partial charge in [-0.2, -0.15) is 0 Å². The molecular formula is C26H23FIrNO2S-. The minimum atomic E-state index is -0.214. The molecule has 6 heteroatoms. The summed E-state index contributed by atoms with van der Waals surface area (Å²) in [6, 6.07) is 18.4. The molecule has 2 heterocycles. The van der Waals surface area contributed by atoms with E-state index < -0.39 is 0 Å². The number of aryl methyl sites for hydroxylation is 2. The Kier molecular flexibility index (Phi) is 9.02. The molecule has 2 aromatic carbocycles. The van der Waals surface area contributed by atoms with Crippen LogP contribution in [-0.4, -0.2) is 15.9 Å². The van der Waals surface area contributed by atoms with E-state index in [1.54, 1.807) is 11.3 Å². The van der Waals surface area contributed by atoms with E-state index in [1.165, 1.54) is 42.3 Å². The Bertz CT molecular complexity index is 1240. The molecule has 2 aromatic heterocycles. The van der Waals surface area contributed by atoms with Gasteiger partial charge in [-0.1, -0.05) is 32.0 Å². The predicted molar refractivity (Wildman–Crippen MR) is 126 cm³/mol. The van der Waals surface area contributed by atoms with Crippen molar-refractivity contribution >= 4 is 27.2 Å². The fourth-order valence-corrected chi connectivity index (χ4v) is 4.24. The van der Waals surface area contributed by atoms with Crippen molar-refractivity contribution < 1.29 is 34.4 Å². The summed E-state index contributed by atoms with van der Waals surface area (Å²) in [7, 11) is 0. The fourth-order valence-electron chi connectivity index (χ4n) is 3.16. The van der Waals surface area contributed by atoms with Gasteiger partial charge in [0.05, 0.1) is 5.76 Å². The standard InChI is InChI=1S/C21H15FNS.C5H8O2.Ir/c1-13-7-14(2)9-16(8-13)19-11-21-17(12-23-19)10-20(24-21)15-3-5-18(22)6-4-15;1-4(6)3-5(2)7;/h3-8,10-12H,1-2H3;3,6H,1-2H3;/q-1;;/b;4-3-;. The van der Waals surface area contributed by atoms with Crippen LogP contribution in [0.4, 0.5) is 4.39 Å². The Labute approximate surface area is 205 Å². The van der Waals surface area contributed by atoms with Gasteiger partial charge >= 0.3 is 0 Å². The maximum atomic E-state index is 13.1. The van der Waals surface area contributed by atoms with Crippen LogP contribution in [0.5, 0.6) is 0 Å². The van der Waals surface area contributed by atoms with Crippen LogP contribution in [-0.2, 0) is 24.9 Å². The molecule has 167 valence electrons. The fraction of sp³-hybridized carbons (Fsp3) is 0.154. The summed E-state index contributed by atoms with van der Waals surface area (Å²) in [6.45, 7) is 6.98. The van der Waals surface area contributed by atoms with Gasteiger partial charge in [0.1, 0.15) is 5.82 Å². The van der Waals surface area contributed by atoms with Crippen molar-refractivity contribution in [2.75, 3.05) is 0 Å². The molecular weight excluding hydrogens is 602 g/mol.